The van der Waals surface area contributed by atoms with Gasteiger partial charge in [0, 0.05) is 11.1 Å². The Morgan fingerprint density at radius 1 is 0.929 bits per heavy atom. The second kappa shape index (κ2) is 7.59. The molecule has 146 valence electrons. The smallest absolute Gasteiger partial charge is 0.277 e. The molecule has 0 aliphatic carbocycles. The van der Waals surface area contributed by atoms with Gasteiger partial charge in [-0.05, 0) is 62.4 Å². The molecule has 28 heavy (non-hydrogen) atoms. The van der Waals surface area contributed by atoms with E-state index in [1.54, 1.807) is 6.20 Å². The molecule has 0 saturated carbocycles. The van der Waals surface area contributed by atoms with Crippen LogP contribution in [0.2, 0.25) is 0 Å². The maximum Gasteiger partial charge on any atom is 0.277 e. The van der Waals surface area contributed by atoms with E-state index in [-0.39, 0.29) is 0 Å². The monoisotopic (exact) mass is 396 g/mol. The van der Waals surface area contributed by atoms with E-state index in [9.17, 15) is 8.42 Å². The van der Waals surface area contributed by atoms with Gasteiger partial charge in [0.2, 0.25) is 0 Å². The van der Waals surface area contributed by atoms with E-state index in [2.05, 4.69) is 20.1 Å². The van der Waals surface area contributed by atoms with Crippen molar-refractivity contribution >= 4 is 16.2 Å². The van der Waals surface area contributed by atoms with Crippen LogP contribution in [-0.4, -0.2) is 24.8 Å². The lowest BCUT2D eigenvalue weighted by atomic mass is 9.95. The fourth-order valence-corrected chi connectivity index (χ4v) is 4.70. The highest BCUT2D eigenvalue weighted by atomic mass is 32.2. The Morgan fingerprint density at radius 2 is 1.50 bits per heavy atom. The summed E-state index contributed by atoms with van der Waals surface area (Å²) in [5.41, 5.74) is 6.98. The highest BCUT2D eigenvalue weighted by molar-refractivity contribution is 7.89. The average Bonchev–Trinajstić information content (AvgIpc) is 3.14. The van der Waals surface area contributed by atoms with Crippen molar-refractivity contribution in [3.05, 3.63) is 69.9 Å². The maximum atomic E-state index is 12.9. The van der Waals surface area contributed by atoms with E-state index in [4.69, 9.17) is 0 Å². The summed E-state index contributed by atoms with van der Waals surface area (Å²) in [6, 6.07) is 9.66. The van der Waals surface area contributed by atoms with Gasteiger partial charge in [-0.1, -0.05) is 30.3 Å². The van der Waals surface area contributed by atoms with Gasteiger partial charge in [-0.3, -0.25) is 5.10 Å². The normalized spacial score (nSPS) is 11.9. The van der Waals surface area contributed by atoms with Crippen LogP contribution < -0.4 is 4.83 Å². The van der Waals surface area contributed by atoms with Crippen LogP contribution in [0.4, 0.5) is 0 Å². The molecule has 0 spiro atoms. The number of hydrazone groups is 1. The van der Waals surface area contributed by atoms with Crippen molar-refractivity contribution in [2.75, 3.05) is 0 Å². The van der Waals surface area contributed by atoms with Gasteiger partial charge in [0.1, 0.15) is 0 Å². The SMILES string of the molecule is Cc1c(C)c(C)c(S(=O)(=O)N/N=C\c2cn[nH]c2-c2ccccc2)c(C)c1C. The molecule has 6 nitrogen and oxygen atoms in total. The molecule has 0 fully saturated rings. The minimum absolute atomic E-state index is 0.292. The number of aromatic nitrogens is 2. The van der Waals surface area contributed by atoms with Crippen LogP contribution >= 0.6 is 0 Å². The second-order valence-electron chi connectivity index (χ2n) is 6.87. The minimum Gasteiger partial charge on any atom is -0.277 e. The molecular weight excluding hydrogens is 372 g/mol. The summed E-state index contributed by atoms with van der Waals surface area (Å²) in [6.45, 7) is 9.55. The fraction of sp³-hybridized carbons (Fsp3) is 0.238. The van der Waals surface area contributed by atoms with Gasteiger partial charge < -0.3 is 0 Å². The lowest BCUT2D eigenvalue weighted by Crippen LogP contribution is -2.22. The van der Waals surface area contributed by atoms with E-state index in [1.807, 2.05) is 65.0 Å². The predicted octanol–water partition coefficient (Wildman–Crippen LogP) is 3.93. The third-order valence-electron chi connectivity index (χ3n) is 5.31. The number of sulfonamides is 1. The first-order valence-corrected chi connectivity index (χ1v) is 10.4. The number of nitrogens with one attached hydrogen (secondary N) is 2. The molecular formula is C21H24N4O2S. The summed E-state index contributed by atoms with van der Waals surface area (Å²) in [4.78, 5) is 2.64. The molecule has 3 aromatic rings. The summed E-state index contributed by atoms with van der Waals surface area (Å²) >= 11 is 0. The molecule has 2 aromatic carbocycles. The molecule has 0 unspecified atom stereocenters. The number of hydrogen-bond donors (Lipinski definition) is 2. The van der Waals surface area contributed by atoms with Crippen LogP contribution in [0.5, 0.6) is 0 Å². The number of nitrogens with zero attached hydrogens (tertiary/aromatic N) is 2. The van der Waals surface area contributed by atoms with E-state index in [1.165, 1.54) is 6.21 Å². The largest absolute Gasteiger partial charge is 0.277 e. The quantitative estimate of drug-likeness (QED) is 0.506. The van der Waals surface area contributed by atoms with Crippen molar-refractivity contribution in [1.29, 1.82) is 0 Å². The van der Waals surface area contributed by atoms with Gasteiger partial charge in [-0.15, -0.1) is 0 Å². The van der Waals surface area contributed by atoms with Gasteiger partial charge in [0.25, 0.3) is 10.0 Å². The van der Waals surface area contributed by atoms with Gasteiger partial charge in [-0.25, -0.2) is 4.83 Å². The zero-order valence-electron chi connectivity index (χ0n) is 16.7. The zero-order valence-corrected chi connectivity index (χ0v) is 17.5. The molecule has 0 amide bonds. The predicted molar refractivity (Wildman–Crippen MR) is 112 cm³/mol. The topological polar surface area (TPSA) is 87.2 Å². The van der Waals surface area contributed by atoms with Crippen molar-refractivity contribution in [3.8, 4) is 11.3 Å². The van der Waals surface area contributed by atoms with Crippen molar-refractivity contribution in [2.24, 2.45) is 5.10 Å². The summed E-state index contributed by atoms with van der Waals surface area (Å²) in [6.07, 6.45) is 3.07. The van der Waals surface area contributed by atoms with Crippen molar-refractivity contribution < 1.29 is 8.42 Å². The number of H-pyrrole nitrogens is 1. The molecule has 0 saturated heterocycles. The third kappa shape index (κ3) is 3.57. The Kier molecular flexibility index (Phi) is 5.38. The Labute approximate surface area is 165 Å². The van der Waals surface area contributed by atoms with Crippen molar-refractivity contribution in [2.45, 2.75) is 39.5 Å². The standard InChI is InChI=1S/C21H24N4O2S/c1-13-14(2)16(4)21(17(5)15(13)3)28(26,27)25-23-12-19-11-22-24-20(19)18-9-7-6-8-10-18/h6-12,25H,1-5H3,(H,22,24)/b23-12-. The first-order valence-electron chi connectivity index (χ1n) is 8.94. The second-order valence-corrected chi connectivity index (χ2v) is 8.47. The van der Waals surface area contributed by atoms with E-state index in [0.29, 0.717) is 10.5 Å². The Balaban J connectivity index is 1.92. The van der Waals surface area contributed by atoms with Gasteiger partial charge >= 0.3 is 0 Å². The number of aromatic amines is 1. The molecule has 0 bridgehead atoms. The Hall–Kier alpha value is -2.93. The van der Waals surface area contributed by atoms with Gasteiger partial charge in [0.05, 0.1) is 23.0 Å². The molecule has 0 atom stereocenters. The van der Waals surface area contributed by atoms with Crippen LogP contribution in [0, 0.1) is 34.6 Å². The summed E-state index contributed by atoms with van der Waals surface area (Å²) < 4.78 is 25.8. The lowest BCUT2D eigenvalue weighted by molar-refractivity contribution is 0.583. The van der Waals surface area contributed by atoms with Crippen LogP contribution in [0.3, 0.4) is 0 Å². The van der Waals surface area contributed by atoms with Crippen molar-refractivity contribution in [1.82, 2.24) is 15.0 Å². The average molecular weight is 397 g/mol. The van der Waals surface area contributed by atoms with E-state index >= 15 is 0 Å². The molecule has 7 heteroatoms. The van der Waals surface area contributed by atoms with Crippen LogP contribution in [0.1, 0.15) is 33.4 Å². The van der Waals surface area contributed by atoms with Gasteiger partial charge in [0.15, 0.2) is 0 Å². The highest BCUT2D eigenvalue weighted by Gasteiger charge is 2.23. The van der Waals surface area contributed by atoms with E-state index < -0.39 is 10.0 Å². The van der Waals surface area contributed by atoms with E-state index in [0.717, 1.165) is 39.1 Å². The van der Waals surface area contributed by atoms with Crippen LogP contribution in [0.15, 0.2) is 46.5 Å². The first kappa shape index (κ1) is 19.8. The molecule has 1 aromatic heterocycles. The summed E-state index contributed by atoms with van der Waals surface area (Å²) in [7, 11) is -3.79. The molecule has 0 aliphatic rings. The summed E-state index contributed by atoms with van der Waals surface area (Å²) in [5, 5.41) is 11.0. The first-order chi connectivity index (χ1) is 13.2. The van der Waals surface area contributed by atoms with Crippen molar-refractivity contribution in [3.63, 3.8) is 0 Å². The fourth-order valence-electron chi connectivity index (χ4n) is 3.31. The van der Waals surface area contributed by atoms with Gasteiger partial charge in [-0.2, -0.15) is 18.6 Å². The van der Waals surface area contributed by atoms with Crippen LogP contribution in [0.25, 0.3) is 11.3 Å². The van der Waals surface area contributed by atoms with Crippen LogP contribution in [-0.2, 0) is 10.0 Å². The maximum absolute atomic E-state index is 12.9. The summed E-state index contributed by atoms with van der Waals surface area (Å²) in [5.74, 6) is 0. The molecule has 0 aliphatic heterocycles. The minimum atomic E-state index is -3.79. The molecule has 3 rings (SSSR count). The number of rotatable bonds is 5. The Bertz CT molecular complexity index is 1120. The zero-order chi connectivity index (χ0) is 20.5. The number of hydrogen-bond acceptors (Lipinski definition) is 4. The molecule has 2 N–H and O–H groups in total. The molecule has 0 radical (unpaired) electrons. The Morgan fingerprint density at radius 3 is 2.11 bits per heavy atom. The lowest BCUT2D eigenvalue weighted by Gasteiger charge is -2.18. The number of benzene rings is 2. The third-order valence-corrected chi connectivity index (χ3v) is 6.80. The molecule has 1 heterocycles. The highest BCUT2D eigenvalue weighted by Crippen LogP contribution is 2.29.